The Morgan fingerprint density at radius 1 is 1.17 bits per heavy atom. The Balaban J connectivity index is 1.72. The van der Waals surface area contributed by atoms with E-state index in [0.717, 1.165) is 5.56 Å². The molecule has 1 fully saturated rings. The minimum Gasteiger partial charge on any atom is -0.493 e. The Bertz CT molecular complexity index is 899. The summed E-state index contributed by atoms with van der Waals surface area (Å²) in [6.07, 6.45) is 0. The van der Waals surface area contributed by atoms with E-state index in [2.05, 4.69) is 10.8 Å². The van der Waals surface area contributed by atoms with Crippen molar-refractivity contribution in [2.75, 3.05) is 20.4 Å². The fraction of sp³-hybridized carbons (Fsp3) is 0.364. The van der Waals surface area contributed by atoms with Gasteiger partial charge in [0.2, 0.25) is 0 Å². The molecule has 0 spiro atoms. The van der Waals surface area contributed by atoms with Gasteiger partial charge in [-0.2, -0.15) is 0 Å². The fourth-order valence-electron chi connectivity index (χ4n) is 3.50. The zero-order valence-corrected chi connectivity index (χ0v) is 17.4. The number of carbonyl (C=O) groups excluding carboxylic acids is 1. The number of nitrogens with zero attached hydrogens (tertiary/aromatic N) is 2. The van der Waals surface area contributed by atoms with Crippen molar-refractivity contribution in [1.29, 1.82) is 0 Å². The minimum absolute atomic E-state index is 0.0533. The van der Waals surface area contributed by atoms with Crippen molar-refractivity contribution < 1.29 is 18.7 Å². The largest absolute Gasteiger partial charge is 0.493 e. The Kier molecular flexibility index (Phi) is 6.80. The third-order valence-electron chi connectivity index (χ3n) is 5.17. The lowest BCUT2D eigenvalue weighted by atomic mass is 10.0. The highest BCUT2D eigenvalue weighted by Gasteiger charge is 2.34. The summed E-state index contributed by atoms with van der Waals surface area (Å²) in [6, 6.07) is 11.4. The van der Waals surface area contributed by atoms with Gasteiger partial charge in [0.1, 0.15) is 24.2 Å². The molecule has 0 N–H and O–H groups in total. The maximum Gasteiger partial charge on any atom is 0.164 e. The van der Waals surface area contributed by atoms with Gasteiger partial charge in [-0.25, -0.2) is 9.18 Å². The van der Waals surface area contributed by atoms with E-state index >= 15 is 0 Å². The molecule has 29 heavy (non-hydrogen) atoms. The van der Waals surface area contributed by atoms with Crippen LogP contribution in [0.4, 0.5) is 4.39 Å². The smallest absolute Gasteiger partial charge is 0.164 e. The zero-order valence-electron chi connectivity index (χ0n) is 16.7. The lowest BCUT2D eigenvalue weighted by molar-refractivity contribution is 0.0277. The van der Waals surface area contributed by atoms with Crippen LogP contribution in [0.25, 0.3) is 0 Å². The molecule has 2 aromatic carbocycles. The molecule has 7 heteroatoms. The lowest BCUT2D eigenvalue weighted by Crippen LogP contribution is -2.55. The fourth-order valence-corrected chi connectivity index (χ4v) is 3.66. The SMILES string of the molecule is COc1ccc(Cl)cc1OCN1C[C@@H](C)N(Cc2ccc(F)cc2)C(=C=O)[C@@H]1C. The highest BCUT2D eigenvalue weighted by atomic mass is 35.5. The van der Waals surface area contributed by atoms with E-state index in [1.165, 1.54) is 12.1 Å². The van der Waals surface area contributed by atoms with Gasteiger partial charge < -0.3 is 14.4 Å². The quantitative estimate of drug-likeness (QED) is 0.660. The van der Waals surface area contributed by atoms with Crippen LogP contribution in [-0.4, -0.2) is 48.2 Å². The number of benzene rings is 2. The molecule has 5 nitrogen and oxygen atoms in total. The van der Waals surface area contributed by atoms with Gasteiger partial charge in [-0.3, -0.25) is 4.90 Å². The third-order valence-corrected chi connectivity index (χ3v) is 5.40. The number of hydrogen-bond acceptors (Lipinski definition) is 5. The molecule has 154 valence electrons. The summed E-state index contributed by atoms with van der Waals surface area (Å²) in [4.78, 5) is 15.8. The van der Waals surface area contributed by atoms with Gasteiger partial charge in [0, 0.05) is 30.2 Å². The molecule has 0 aliphatic carbocycles. The van der Waals surface area contributed by atoms with Crippen molar-refractivity contribution in [2.24, 2.45) is 0 Å². The molecule has 0 radical (unpaired) electrons. The van der Waals surface area contributed by atoms with Crippen LogP contribution < -0.4 is 9.47 Å². The average molecular weight is 419 g/mol. The first kappa shape index (κ1) is 21.2. The lowest BCUT2D eigenvalue weighted by Gasteiger charge is -2.45. The average Bonchev–Trinajstić information content (AvgIpc) is 2.71. The van der Waals surface area contributed by atoms with Crippen molar-refractivity contribution >= 4 is 17.5 Å². The number of halogens is 2. The third kappa shape index (κ3) is 4.91. The van der Waals surface area contributed by atoms with Crippen LogP contribution in [0.1, 0.15) is 19.4 Å². The van der Waals surface area contributed by atoms with Gasteiger partial charge in [0.05, 0.1) is 13.2 Å². The second-order valence-electron chi connectivity index (χ2n) is 7.11. The predicted molar refractivity (Wildman–Crippen MR) is 110 cm³/mol. The molecule has 1 aliphatic rings. The van der Waals surface area contributed by atoms with Crippen molar-refractivity contribution in [3.05, 3.63) is 64.6 Å². The second kappa shape index (κ2) is 9.31. The summed E-state index contributed by atoms with van der Waals surface area (Å²) >= 11 is 6.06. The van der Waals surface area contributed by atoms with Gasteiger partial charge in [0.25, 0.3) is 0 Å². The van der Waals surface area contributed by atoms with E-state index in [-0.39, 0.29) is 24.6 Å². The van der Waals surface area contributed by atoms with Gasteiger partial charge in [-0.15, -0.1) is 0 Å². The summed E-state index contributed by atoms with van der Waals surface area (Å²) in [5, 5.41) is 0.555. The van der Waals surface area contributed by atoms with E-state index in [1.807, 2.05) is 18.7 Å². The normalized spacial score (nSPS) is 19.8. The van der Waals surface area contributed by atoms with E-state index in [1.54, 1.807) is 37.4 Å². The van der Waals surface area contributed by atoms with Gasteiger partial charge in [-0.05, 0) is 43.7 Å². The summed E-state index contributed by atoms with van der Waals surface area (Å²) in [7, 11) is 1.57. The number of rotatable bonds is 6. The van der Waals surface area contributed by atoms with E-state index in [4.69, 9.17) is 21.1 Å². The van der Waals surface area contributed by atoms with Crippen molar-refractivity contribution in [2.45, 2.75) is 32.5 Å². The van der Waals surface area contributed by atoms with Gasteiger partial charge >= 0.3 is 0 Å². The Morgan fingerprint density at radius 2 is 1.90 bits per heavy atom. The maximum atomic E-state index is 13.2. The van der Waals surface area contributed by atoms with Gasteiger partial charge in [-0.1, -0.05) is 23.7 Å². The molecule has 0 unspecified atom stereocenters. The molecule has 0 saturated carbocycles. The first-order valence-corrected chi connectivity index (χ1v) is 9.77. The van der Waals surface area contributed by atoms with Crippen molar-refractivity contribution in [1.82, 2.24) is 9.80 Å². The molecule has 0 amide bonds. The Hall–Kier alpha value is -2.53. The molecule has 3 rings (SSSR count). The first-order chi connectivity index (χ1) is 13.9. The molecule has 2 atom stereocenters. The highest BCUT2D eigenvalue weighted by Crippen LogP contribution is 2.31. The first-order valence-electron chi connectivity index (χ1n) is 9.39. The van der Waals surface area contributed by atoms with Crippen LogP contribution >= 0.6 is 11.6 Å². The Morgan fingerprint density at radius 3 is 2.55 bits per heavy atom. The maximum absolute atomic E-state index is 13.2. The number of ether oxygens (including phenoxy) is 2. The van der Waals surface area contributed by atoms with E-state index in [9.17, 15) is 9.18 Å². The molecule has 1 aliphatic heterocycles. The van der Waals surface area contributed by atoms with Crippen LogP contribution in [0.15, 0.2) is 48.2 Å². The van der Waals surface area contributed by atoms with Gasteiger partial charge in [0.15, 0.2) is 11.5 Å². The summed E-state index contributed by atoms with van der Waals surface area (Å²) in [5.41, 5.74) is 1.49. The molecular weight excluding hydrogens is 395 g/mol. The van der Waals surface area contributed by atoms with Crippen LogP contribution in [-0.2, 0) is 11.3 Å². The summed E-state index contributed by atoms with van der Waals surface area (Å²) in [6.45, 7) is 5.48. The van der Waals surface area contributed by atoms with E-state index < -0.39 is 0 Å². The molecule has 1 heterocycles. The minimum atomic E-state index is -0.278. The Labute approximate surface area is 175 Å². The zero-order chi connectivity index (χ0) is 21.0. The van der Waals surface area contributed by atoms with Crippen molar-refractivity contribution in [3.8, 4) is 11.5 Å². The standard InChI is InChI=1S/C22H24ClFN2O3/c1-15-11-25(14-29-22-10-18(23)6-9-21(22)28-3)16(2)20(13-27)26(15)12-17-4-7-19(24)8-5-17/h4-10,15-16H,11-12,14H2,1-3H3/t15-,16+/m1/s1. The number of hydrogen-bond donors (Lipinski definition) is 0. The summed E-state index contributed by atoms with van der Waals surface area (Å²) in [5.74, 6) is 2.96. The van der Waals surface area contributed by atoms with E-state index in [0.29, 0.717) is 35.3 Å². The molecule has 0 aromatic heterocycles. The highest BCUT2D eigenvalue weighted by molar-refractivity contribution is 6.30. The second-order valence-corrected chi connectivity index (χ2v) is 7.54. The number of piperazine rings is 1. The topological polar surface area (TPSA) is 42.0 Å². The molecule has 1 saturated heterocycles. The molecular formula is C22H24ClFN2O3. The van der Waals surface area contributed by atoms with Crippen LogP contribution in [0.3, 0.4) is 0 Å². The predicted octanol–water partition coefficient (Wildman–Crippen LogP) is 4.13. The van der Waals surface area contributed by atoms with Crippen molar-refractivity contribution in [3.63, 3.8) is 0 Å². The van der Waals surface area contributed by atoms with Crippen LogP contribution in [0, 0.1) is 5.82 Å². The monoisotopic (exact) mass is 418 g/mol. The number of methoxy groups -OCH3 is 1. The molecule has 2 aromatic rings. The van der Waals surface area contributed by atoms with Crippen LogP contribution in [0.5, 0.6) is 11.5 Å². The summed E-state index contributed by atoms with van der Waals surface area (Å²) < 4.78 is 24.4. The molecule has 0 bridgehead atoms. The van der Waals surface area contributed by atoms with Crippen LogP contribution in [0.2, 0.25) is 5.02 Å².